The molecule has 19 heavy (non-hydrogen) atoms. The molecule has 0 aliphatic carbocycles. The highest BCUT2D eigenvalue weighted by molar-refractivity contribution is 6.31. The zero-order valence-electron chi connectivity index (χ0n) is 11.5. The Morgan fingerprint density at radius 1 is 1.47 bits per heavy atom. The lowest BCUT2D eigenvalue weighted by molar-refractivity contribution is -0.121. The van der Waals surface area contributed by atoms with Crippen LogP contribution in [0.1, 0.15) is 31.5 Å². The smallest absolute Gasteiger partial charge is 0.224 e. The van der Waals surface area contributed by atoms with E-state index in [9.17, 15) is 4.79 Å². The molecule has 1 aromatic heterocycles. The molecule has 1 heterocycles. The average molecular weight is 279 g/mol. The first kappa shape index (κ1) is 13.9. The lowest BCUT2D eigenvalue weighted by Gasteiger charge is -2.11. The van der Waals surface area contributed by atoms with Gasteiger partial charge in [-0.15, -0.1) is 0 Å². The Balaban J connectivity index is 2.27. The number of benzene rings is 1. The lowest BCUT2D eigenvalue weighted by atomic mass is 10.1. The number of amides is 1. The van der Waals surface area contributed by atoms with Gasteiger partial charge in [0.2, 0.25) is 5.91 Å². The number of hydrogen-bond acceptors (Lipinski definition) is 1. The molecule has 4 heteroatoms. The fourth-order valence-electron chi connectivity index (χ4n) is 2.17. The number of rotatable bonds is 4. The van der Waals surface area contributed by atoms with E-state index >= 15 is 0 Å². The van der Waals surface area contributed by atoms with Crippen LogP contribution in [0.4, 0.5) is 0 Å². The molecule has 0 spiro atoms. The first-order chi connectivity index (χ1) is 9.01. The Morgan fingerprint density at radius 2 is 2.21 bits per heavy atom. The van der Waals surface area contributed by atoms with Crippen LogP contribution >= 0.6 is 11.6 Å². The standard InChI is InChI=1S/C15H19ClN2O/c1-4-9(2)17-15(19)8-12-10(3)18-14-6-5-11(16)7-13(12)14/h5-7,9,18H,4,8H2,1-3H3,(H,17,19). The minimum atomic E-state index is 0.0540. The third kappa shape index (κ3) is 3.10. The first-order valence-electron chi connectivity index (χ1n) is 6.57. The quantitative estimate of drug-likeness (QED) is 0.882. The van der Waals surface area contributed by atoms with Crippen molar-refractivity contribution in [3.63, 3.8) is 0 Å². The van der Waals surface area contributed by atoms with Gasteiger partial charge < -0.3 is 10.3 Å². The Hall–Kier alpha value is -1.48. The van der Waals surface area contributed by atoms with E-state index in [-0.39, 0.29) is 11.9 Å². The van der Waals surface area contributed by atoms with Crippen molar-refractivity contribution in [1.29, 1.82) is 0 Å². The molecule has 1 unspecified atom stereocenters. The molecule has 3 nitrogen and oxygen atoms in total. The van der Waals surface area contributed by atoms with E-state index in [0.29, 0.717) is 11.4 Å². The van der Waals surface area contributed by atoms with Gasteiger partial charge in [0, 0.05) is 27.7 Å². The largest absolute Gasteiger partial charge is 0.358 e. The van der Waals surface area contributed by atoms with Gasteiger partial charge in [-0.1, -0.05) is 18.5 Å². The van der Waals surface area contributed by atoms with Crippen molar-refractivity contribution in [2.75, 3.05) is 0 Å². The average Bonchev–Trinajstić information content (AvgIpc) is 2.66. The fraction of sp³-hybridized carbons (Fsp3) is 0.400. The van der Waals surface area contributed by atoms with Gasteiger partial charge in [-0.2, -0.15) is 0 Å². The highest BCUT2D eigenvalue weighted by Crippen LogP contribution is 2.25. The maximum atomic E-state index is 12.0. The summed E-state index contributed by atoms with van der Waals surface area (Å²) >= 11 is 6.03. The minimum Gasteiger partial charge on any atom is -0.358 e. The van der Waals surface area contributed by atoms with Crippen molar-refractivity contribution in [3.8, 4) is 0 Å². The number of carbonyl (C=O) groups is 1. The second-order valence-electron chi connectivity index (χ2n) is 4.97. The van der Waals surface area contributed by atoms with Crippen LogP contribution < -0.4 is 5.32 Å². The molecule has 0 fully saturated rings. The van der Waals surface area contributed by atoms with Gasteiger partial charge in [-0.25, -0.2) is 0 Å². The zero-order chi connectivity index (χ0) is 14.0. The summed E-state index contributed by atoms with van der Waals surface area (Å²) in [5.41, 5.74) is 3.07. The van der Waals surface area contributed by atoms with Crippen molar-refractivity contribution in [2.24, 2.45) is 0 Å². The maximum Gasteiger partial charge on any atom is 0.224 e. The minimum absolute atomic E-state index is 0.0540. The van der Waals surface area contributed by atoms with Gasteiger partial charge in [0.25, 0.3) is 0 Å². The summed E-state index contributed by atoms with van der Waals surface area (Å²) in [6, 6.07) is 5.91. The molecule has 0 saturated heterocycles. The van der Waals surface area contributed by atoms with E-state index in [4.69, 9.17) is 11.6 Å². The summed E-state index contributed by atoms with van der Waals surface area (Å²) in [7, 11) is 0. The van der Waals surface area contributed by atoms with Crippen LogP contribution in [0.3, 0.4) is 0 Å². The van der Waals surface area contributed by atoms with Crippen LogP contribution in [0.2, 0.25) is 5.02 Å². The number of carbonyl (C=O) groups excluding carboxylic acids is 1. The Morgan fingerprint density at radius 3 is 2.89 bits per heavy atom. The van der Waals surface area contributed by atoms with Gasteiger partial charge in [0.1, 0.15) is 0 Å². The van der Waals surface area contributed by atoms with Gasteiger partial charge in [-0.3, -0.25) is 4.79 Å². The van der Waals surface area contributed by atoms with Crippen molar-refractivity contribution in [2.45, 2.75) is 39.7 Å². The maximum absolute atomic E-state index is 12.0. The summed E-state index contributed by atoms with van der Waals surface area (Å²) in [5.74, 6) is 0.0540. The number of aromatic amines is 1. The normalized spacial score (nSPS) is 12.6. The van der Waals surface area contributed by atoms with Gasteiger partial charge in [0.05, 0.1) is 6.42 Å². The van der Waals surface area contributed by atoms with E-state index in [1.54, 1.807) is 0 Å². The number of aromatic nitrogens is 1. The summed E-state index contributed by atoms with van der Waals surface area (Å²) in [4.78, 5) is 15.3. The highest BCUT2D eigenvalue weighted by atomic mass is 35.5. The number of H-pyrrole nitrogens is 1. The monoisotopic (exact) mass is 278 g/mol. The van der Waals surface area contributed by atoms with Crippen molar-refractivity contribution >= 4 is 28.4 Å². The summed E-state index contributed by atoms with van der Waals surface area (Å²) in [6.45, 7) is 6.05. The molecular formula is C15H19ClN2O. The molecule has 2 rings (SSSR count). The van der Waals surface area contributed by atoms with Crippen LogP contribution in [0, 0.1) is 6.92 Å². The van der Waals surface area contributed by atoms with Crippen LogP contribution in [0.5, 0.6) is 0 Å². The number of aryl methyl sites for hydroxylation is 1. The summed E-state index contributed by atoms with van der Waals surface area (Å²) < 4.78 is 0. The SMILES string of the molecule is CCC(C)NC(=O)Cc1c(C)[nH]c2ccc(Cl)cc12. The van der Waals surface area contributed by atoms with E-state index in [1.165, 1.54) is 0 Å². The zero-order valence-corrected chi connectivity index (χ0v) is 12.3. The molecule has 2 N–H and O–H groups in total. The Kier molecular flexibility index (Phi) is 4.15. The van der Waals surface area contributed by atoms with Gasteiger partial charge in [0.15, 0.2) is 0 Å². The van der Waals surface area contributed by atoms with Crippen LogP contribution in [0.25, 0.3) is 10.9 Å². The third-order valence-electron chi connectivity index (χ3n) is 3.44. The molecule has 0 radical (unpaired) electrons. The molecular weight excluding hydrogens is 260 g/mol. The van der Waals surface area contributed by atoms with Gasteiger partial charge >= 0.3 is 0 Å². The van der Waals surface area contributed by atoms with E-state index in [2.05, 4.69) is 17.2 Å². The van der Waals surface area contributed by atoms with Crippen LogP contribution in [0.15, 0.2) is 18.2 Å². The molecule has 1 amide bonds. The number of halogens is 1. The summed E-state index contributed by atoms with van der Waals surface area (Å²) in [5, 5.41) is 4.71. The van der Waals surface area contributed by atoms with Gasteiger partial charge in [-0.05, 0) is 44.0 Å². The van der Waals surface area contributed by atoms with Crippen molar-refractivity contribution < 1.29 is 4.79 Å². The fourth-order valence-corrected chi connectivity index (χ4v) is 2.34. The van der Waals surface area contributed by atoms with Crippen LogP contribution in [-0.4, -0.2) is 16.9 Å². The predicted molar refractivity (Wildman–Crippen MR) is 79.6 cm³/mol. The predicted octanol–water partition coefficient (Wildman–Crippen LogP) is 3.59. The first-order valence-corrected chi connectivity index (χ1v) is 6.95. The third-order valence-corrected chi connectivity index (χ3v) is 3.67. The molecule has 0 saturated carbocycles. The molecule has 102 valence electrons. The van der Waals surface area contributed by atoms with E-state index in [0.717, 1.165) is 28.6 Å². The second-order valence-corrected chi connectivity index (χ2v) is 5.41. The summed E-state index contributed by atoms with van der Waals surface area (Å²) in [6.07, 6.45) is 1.32. The van der Waals surface area contributed by atoms with Crippen LogP contribution in [-0.2, 0) is 11.2 Å². The van der Waals surface area contributed by atoms with Crippen molar-refractivity contribution in [3.05, 3.63) is 34.5 Å². The Bertz CT molecular complexity index is 603. The molecule has 0 bridgehead atoms. The molecule has 0 aliphatic heterocycles. The van der Waals surface area contributed by atoms with Crippen molar-refractivity contribution in [1.82, 2.24) is 10.3 Å². The highest BCUT2D eigenvalue weighted by Gasteiger charge is 2.13. The molecule has 2 aromatic rings. The molecule has 1 aromatic carbocycles. The Labute approximate surface area is 118 Å². The molecule has 0 aliphatic rings. The number of hydrogen-bond donors (Lipinski definition) is 2. The second kappa shape index (κ2) is 5.66. The van der Waals surface area contributed by atoms with E-state index < -0.39 is 0 Å². The number of fused-ring (bicyclic) bond motifs is 1. The van der Waals surface area contributed by atoms with E-state index in [1.807, 2.05) is 32.0 Å². The number of nitrogens with one attached hydrogen (secondary N) is 2. The lowest BCUT2D eigenvalue weighted by Crippen LogP contribution is -2.33. The topological polar surface area (TPSA) is 44.9 Å². The molecule has 1 atom stereocenters.